The van der Waals surface area contributed by atoms with E-state index >= 15 is 0 Å². The zero-order chi connectivity index (χ0) is 12.0. The van der Waals surface area contributed by atoms with Crippen LogP contribution < -0.4 is 10.5 Å². The number of nitrogens with two attached hydrogens (primary N) is 1. The van der Waals surface area contributed by atoms with Crippen molar-refractivity contribution in [3.63, 3.8) is 0 Å². The highest BCUT2D eigenvalue weighted by atomic mass is 32.2. The van der Waals surface area contributed by atoms with Crippen LogP contribution in [0.2, 0.25) is 0 Å². The largest absolute Gasteiger partial charge is 0.380 e. The van der Waals surface area contributed by atoms with Crippen LogP contribution in [-0.4, -0.2) is 33.2 Å². The minimum atomic E-state index is -3.45. The fourth-order valence-corrected chi connectivity index (χ4v) is 2.20. The van der Waals surface area contributed by atoms with Gasteiger partial charge in [0.2, 0.25) is 10.0 Å². The van der Waals surface area contributed by atoms with Crippen LogP contribution in [0.15, 0.2) is 17.2 Å². The summed E-state index contributed by atoms with van der Waals surface area (Å²) in [6.45, 7) is 3.34. The Morgan fingerprint density at radius 2 is 2.31 bits per heavy atom. The third kappa shape index (κ3) is 3.60. The molecule has 0 saturated carbocycles. The molecule has 0 fully saturated rings. The van der Waals surface area contributed by atoms with Crippen LogP contribution in [0.5, 0.6) is 0 Å². The third-order valence-corrected chi connectivity index (χ3v) is 3.43. The number of nitrogens with one attached hydrogen (secondary N) is 2. The molecule has 0 spiro atoms. The van der Waals surface area contributed by atoms with Crippen LogP contribution in [0.4, 0.5) is 0 Å². The average molecular weight is 247 g/mol. The molecule has 0 aliphatic rings. The zero-order valence-electron chi connectivity index (χ0n) is 9.19. The summed E-state index contributed by atoms with van der Waals surface area (Å²) in [5, 5.41) is 0. The summed E-state index contributed by atoms with van der Waals surface area (Å²) >= 11 is 0. The first kappa shape index (κ1) is 13.2. The van der Waals surface area contributed by atoms with Gasteiger partial charge in [-0.25, -0.2) is 13.1 Å². The van der Waals surface area contributed by atoms with E-state index in [2.05, 4.69) is 9.71 Å². The highest BCUT2D eigenvalue weighted by Gasteiger charge is 2.14. The van der Waals surface area contributed by atoms with Crippen LogP contribution in [0.3, 0.4) is 0 Å². The number of H-pyrrole nitrogens is 1. The van der Waals surface area contributed by atoms with E-state index in [4.69, 9.17) is 10.5 Å². The molecule has 0 aliphatic carbocycles. The van der Waals surface area contributed by atoms with Gasteiger partial charge in [0.25, 0.3) is 0 Å². The van der Waals surface area contributed by atoms with Gasteiger partial charge in [-0.05, 0) is 13.0 Å². The maximum Gasteiger partial charge on any atom is 0.242 e. The molecule has 6 nitrogen and oxygen atoms in total. The third-order valence-electron chi connectivity index (χ3n) is 1.99. The number of rotatable bonds is 7. The molecule has 0 aromatic carbocycles. The average Bonchev–Trinajstić information content (AvgIpc) is 2.73. The van der Waals surface area contributed by atoms with E-state index in [9.17, 15) is 8.42 Å². The van der Waals surface area contributed by atoms with Crippen LogP contribution in [-0.2, 0) is 21.3 Å². The van der Waals surface area contributed by atoms with E-state index in [1.807, 2.05) is 6.92 Å². The topological polar surface area (TPSA) is 97.2 Å². The van der Waals surface area contributed by atoms with E-state index in [1.54, 1.807) is 0 Å². The van der Waals surface area contributed by atoms with Crippen LogP contribution in [0, 0.1) is 0 Å². The first-order chi connectivity index (χ1) is 7.60. The lowest BCUT2D eigenvalue weighted by Gasteiger charge is -2.04. The molecular formula is C9H17N3O3S. The summed E-state index contributed by atoms with van der Waals surface area (Å²) in [4.78, 5) is 2.99. The lowest BCUT2D eigenvalue weighted by molar-refractivity contribution is 0.153. The zero-order valence-corrected chi connectivity index (χ0v) is 10.0. The molecule has 0 unspecified atom stereocenters. The van der Waals surface area contributed by atoms with Crippen molar-refractivity contribution in [2.45, 2.75) is 18.4 Å². The highest BCUT2D eigenvalue weighted by molar-refractivity contribution is 7.89. The fraction of sp³-hybridized carbons (Fsp3) is 0.556. The van der Waals surface area contributed by atoms with Gasteiger partial charge in [-0.3, -0.25) is 0 Å². The Labute approximate surface area is 95.2 Å². The van der Waals surface area contributed by atoms with Crippen molar-refractivity contribution in [3.8, 4) is 0 Å². The maximum absolute atomic E-state index is 11.7. The molecule has 1 aromatic heterocycles. The first-order valence-corrected chi connectivity index (χ1v) is 6.53. The molecule has 0 radical (unpaired) electrons. The summed E-state index contributed by atoms with van der Waals surface area (Å²) in [5.74, 6) is 0. The second-order valence-corrected chi connectivity index (χ2v) is 4.93. The summed E-state index contributed by atoms with van der Waals surface area (Å²) in [6.07, 6.45) is 1.42. The Bertz CT molecular complexity index is 413. The minimum absolute atomic E-state index is 0.199. The van der Waals surface area contributed by atoms with Crippen molar-refractivity contribution in [1.82, 2.24) is 9.71 Å². The van der Waals surface area contributed by atoms with Gasteiger partial charge in [-0.1, -0.05) is 0 Å². The molecule has 92 valence electrons. The number of hydrogen-bond donors (Lipinski definition) is 3. The highest BCUT2D eigenvalue weighted by Crippen LogP contribution is 2.09. The van der Waals surface area contributed by atoms with Crippen LogP contribution >= 0.6 is 0 Å². The van der Waals surface area contributed by atoms with Gasteiger partial charge in [0.05, 0.1) is 11.5 Å². The molecule has 16 heavy (non-hydrogen) atoms. The van der Waals surface area contributed by atoms with Gasteiger partial charge in [0.1, 0.15) is 0 Å². The van der Waals surface area contributed by atoms with Gasteiger partial charge >= 0.3 is 0 Å². The van der Waals surface area contributed by atoms with Gasteiger partial charge in [-0.15, -0.1) is 0 Å². The molecular weight excluding hydrogens is 230 g/mol. The maximum atomic E-state index is 11.7. The van der Waals surface area contributed by atoms with Crippen molar-refractivity contribution < 1.29 is 13.2 Å². The number of aromatic nitrogens is 1. The van der Waals surface area contributed by atoms with Crippen molar-refractivity contribution >= 4 is 10.0 Å². The molecule has 1 aromatic rings. The summed E-state index contributed by atoms with van der Waals surface area (Å²) in [7, 11) is -3.45. The Morgan fingerprint density at radius 1 is 1.56 bits per heavy atom. The number of sulfonamides is 1. The first-order valence-electron chi connectivity index (χ1n) is 5.05. The molecule has 0 bridgehead atoms. The van der Waals surface area contributed by atoms with Crippen molar-refractivity contribution in [3.05, 3.63) is 18.0 Å². The van der Waals surface area contributed by atoms with Crippen LogP contribution in [0.1, 0.15) is 12.6 Å². The van der Waals surface area contributed by atoms with Crippen molar-refractivity contribution in [1.29, 1.82) is 0 Å². The van der Waals surface area contributed by atoms with E-state index in [-0.39, 0.29) is 18.0 Å². The van der Waals surface area contributed by atoms with Gasteiger partial charge in [0.15, 0.2) is 0 Å². The molecule has 1 heterocycles. The standard InChI is InChI=1S/C9H17N3O3S/c1-2-15-4-3-12-16(13,14)9-5-8(6-10)11-7-9/h5,7,11-12H,2-4,6,10H2,1H3. The lowest BCUT2D eigenvalue weighted by atomic mass is 10.4. The Kier molecular flexibility index (Phi) is 4.94. The van der Waals surface area contributed by atoms with Gasteiger partial charge in [0, 0.05) is 31.6 Å². The number of hydrogen-bond acceptors (Lipinski definition) is 4. The van der Waals surface area contributed by atoms with E-state index in [1.165, 1.54) is 12.3 Å². The minimum Gasteiger partial charge on any atom is -0.380 e. The smallest absolute Gasteiger partial charge is 0.242 e. The summed E-state index contributed by atoms with van der Waals surface area (Å²) < 4.78 is 30.9. The Morgan fingerprint density at radius 3 is 2.88 bits per heavy atom. The van der Waals surface area contributed by atoms with Crippen molar-refractivity contribution in [2.75, 3.05) is 19.8 Å². The monoisotopic (exact) mass is 247 g/mol. The molecule has 0 saturated heterocycles. The Balaban J connectivity index is 2.56. The SMILES string of the molecule is CCOCCNS(=O)(=O)c1c[nH]c(CN)c1. The molecule has 0 aliphatic heterocycles. The fourth-order valence-electron chi connectivity index (χ4n) is 1.17. The quantitative estimate of drug-likeness (QED) is 0.581. The van der Waals surface area contributed by atoms with E-state index in [0.29, 0.717) is 18.9 Å². The molecule has 7 heteroatoms. The van der Waals surface area contributed by atoms with E-state index in [0.717, 1.165) is 0 Å². The van der Waals surface area contributed by atoms with Crippen LogP contribution in [0.25, 0.3) is 0 Å². The number of ether oxygens (including phenoxy) is 1. The molecule has 0 atom stereocenters. The molecule has 1 rings (SSSR count). The predicted molar refractivity (Wildman–Crippen MR) is 60.4 cm³/mol. The normalized spacial score (nSPS) is 11.9. The lowest BCUT2D eigenvalue weighted by Crippen LogP contribution is -2.27. The number of aromatic amines is 1. The summed E-state index contributed by atoms with van der Waals surface area (Å²) in [6, 6.07) is 1.52. The van der Waals surface area contributed by atoms with E-state index < -0.39 is 10.0 Å². The Hall–Kier alpha value is -0.890. The van der Waals surface area contributed by atoms with Gasteiger partial charge < -0.3 is 15.5 Å². The predicted octanol–water partition coefficient (Wildman–Crippen LogP) is -0.212. The van der Waals surface area contributed by atoms with Crippen molar-refractivity contribution in [2.24, 2.45) is 5.73 Å². The molecule has 0 amide bonds. The molecule has 4 N–H and O–H groups in total. The second-order valence-electron chi connectivity index (χ2n) is 3.16. The second kappa shape index (κ2) is 6.00. The summed E-state index contributed by atoms with van der Waals surface area (Å²) in [5.41, 5.74) is 6.06. The van der Waals surface area contributed by atoms with Gasteiger partial charge in [-0.2, -0.15) is 0 Å².